The van der Waals surface area contributed by atoms with Crippen LogP contribution in [0.25, 0.3) is 10.6 Å². The zero-order valence-corrected chi connectivity index (χ0v) is 19.7. The van der Waals surface area contributed by atoms with E-state index in [1.807, 2.05) is 6.92 Å². The molecule has 0 aliphatic rings. The van der Waals surface area contributed by atoms with E-state index in [0.29, 0.717) is 29.3 Å². The van der Waals surface area contributed by atoms with Gasteiger partial charge in [0.05, 0.1) is 22.2 Å². The molecule has 162 valence electrons. The van der Waals surface area contributed by atoms with Gasteiger partial charge in [-0.15, -0.1) is 11.3 Å². The van der Waals surface area contributed by atoms with Crippen molar-refractivity contribution in [2.45, 2.75) is 70.9 Å². The first-order valence-electron chi connectivity index (χ1n) is 9.69. The lowest BCUT2D eigenvalue weighted by molar-refractivity contribution is -0.137. The molecular weight excluding hydrogens is 415 g/mol. The first kappa shape index (κ1) is 24.1. The average Bonchev–Trinajstić information content (AvgIpc) is 2.99. The van der Waals surface area contributed by atoms with E-state index < -0.39 is 26.2 Å². The van der Waals surface area contributed by atoms with Gasteiger partial charge < -0.3 is 9.53 Å². The van der Waals surface area contributed by atoms with E-state index in [4.69, 9.17) is 4.43 Å². The van der Waals surface area contributed by atoms with Gasteiger partial charge >= 0.3 is 6.18 Å². The van der Waals surface area contributed by atoms with Crippen LogP contribution in [0.3, 0.4) is 0 Å². The van der Waals surface area contributed by atoms with Gasteiger partial charge in [0.2, 0.25) is 0 Å². The Morgan fingerprint density at radius 2 is 1.72 bits per heavy atom. The number of aryl methyl sites for hydroxylation is 1. The van der Waals surface area contributed by atoms with Crippen molar-refractivity contribution in [2.75, 3.05) is 6.61 Å². The average molecular weight is 446 g/mol. The SMILES string of the molecule is Cc1nc(-c2ccc(C(F)(F)F)cc2)sc1C(O)CCCO[Si](C)(C)C(C)(C)C. The van der Waals surface area contributed by atoms with Crippen LogP contribution in [0.4, 0.5) is 13.2 Å². The topological polar surface area (TPSA) is 42.4 Å². The fraction of sp³-hybridized carbons (Fsp3) is 0.571. The molecule has 3 nitrogen and oxygen atoms in total. The molecule has 8 heteroatoms. The Morgan fingerprint density at radius 1 is 1.14 bits per heavy atom. The van der Waals surface area contributed by atoms with Crippen molar-refractivity contribution in [3.05, 3.63) is 40.4 Å². The van der Waals surface area contributed by atoms with Crippen LogP contribution in [0.1, 0.15) is 55.9 Å². The predicted octanol–water partition coefficient (Wildman–Crippen LogP) is 6.97. The summed E-state index contributed by atoms with van der Waals surface area (Å²) in [6.45, 7) is 13.4. The van der Waals surface area contributed by atoms with Crippen LogP contribution in [0, 0.1) is 6.92 Å². The van der Waals surface area contributed by atoms with Crippen molar-refractivity contribution in [2.24, 2.45) is 0 Å². The van der Waals surface area contributed by atoms with Gasteiger partial charge in [0.25, 0.3) is 0 Å². The number of thiazole rings is 1. The van der Waals surface area contributed by atoms with Crippen LogP contribution in [0.5, 0.6) is 0 Å². The second-order valence-corrected chi connectivity index (χ2v) is 14.7. The number of alkyl halides is 3. The monoisotopic (exact) mass is 445 g/mol. The number of halogens is 3. The highest BCUT2D eigenvalue weighted by Crippen LogP contribution is 2.38. The molecule has 1 atom stereocenters. The second kappa shape index (κ2) is 8.87. The molecule has 0 spiro atoms. The van der Waals surface area contributed by atoms with Gasteiger partial charge in [-0.3, -0.25) is 0 Å². The third-order valence-electron chi connectivity index (χ3n) is 5.49. The summed E-state index contributed by atoms with van der Waals surface area (Å²) in [4.78, 5) is 5.20. The lowest BCUT2D eigenvalue weighted by Crippen LogP contribution is -2.41. The molecule has 2 rings (SSSR count). The third kappa shape index (κ3) is 6.13. The molecule has 1 aromatic carbocycles. The maximum absolute atomic E-state index is 12.7. The molecule has 1 aromatic heterocycles. The van der Waals surface area contributed by atoms with Crippen molar-refractivity contribution in [1.29, 1.82) is 0 Å². The third-order valence-corrected chi connectivity index (χ3v) is 11.3. The Kier molecular flexibility index (Phi) is 7.36. The van der Waals surface area contributed by atoms with E-state index in [1.165, 1.54) is 23.5 Å². The van der Waals surface area contributed by atoms with E-state index in [-0.39, 0.29) is 5.04 Å². The quantitative estimate of drug-likeness (QED) is 0.369. The van der Waals surface area contributed by atoms with Gasteiger partial charge in [-0.2, -0.15) is 13.2 Å². The normalized spacial score (nSPS) is 14.3. The van der Waals surface area contributed by atoms with Crippen molar-refractivity contribution in [3.8, 4) is 10.6 Å². The van der Waals surface area contributed by atoms with Crippen LogP contribution >= 0.6 is 11.3 Å². The maximum Gasteiger partial charge on any atom is 0.416 e. The summed E-state index contributed by atoms with van der Waals surface area (Å²) in [7, 11) is -1.80. The minimum absolute atomic E-state index is 0.149. The highest BCUT2D eigenvalue weighted by molar-refractivity contribution is 7.15. The number of hydrogen-bond donors (Lipinski definition) is 1. The largest absolute Gasteiger partial charge is 0.417 e. The first-order chi connectivity index (χ1) is 13.2. The van der Waals surface area contributed by atoms with Crippen LogP contribution in [-0.2, 0) is 10.6 Å². The van der Waals surface area contributed by atoms with Gasteiger partial charge in [-0.05, 0) is 50.0 Å². The fourth-order valence-corrected chi connectivity index (χ4v) is 4.77. The smallest absolute Gasteiger partial charge is 0.416 e. The molecule has 0 bridgehead atoms. The standard InChI is InChI=1S/C21H30F3NO2SSi/c1-14-18(17(26)8-7-13-27-29(5,6)20(2,3)4)28-19(25-14)15-9-11-16(12-10-15)21(22,23)24/h9-12,17,26H,7-8,13H2,1-6H3. The minimum Gasteiger partial charge on any atom is -0.417 e. The molecule has 0 radical (unpaired) electrons. The van der Waals surface area contributed by atoms with E-state index in [9.17, 15) is 18.3 Å². The fourth-order valence-electron chi connectivity index (χ4n) is 2.59. The van der Waals surface area contributed by atoms with Crippen LogP contribution in [0.2, 0.25) is 18.1 Å². The second-order valence-electron chi connectivity index (χ2n) is 8.81. The van der Waals surface area contributed by atoms with Gasteiger partial charge in [-0.1, -0.05) is 32.9 Å². The summed E-state index contributed by atoms with van der Waals surface area (Å²) in [5.74, 6) is 0. The predicted molar refractivity (Wildman–Crippen MR) is 115 cm³/mol. The number of aliphatic hydroxyl groups is 1. The summed E-state index contributed by atoms with van der Waals surface area (Å²) in [6.07, 6.45) is -3.71. The molecule has 1 N–H and O–H groups in total. The molecule has 2 aromatic rings. The summed E-state index contributed by atoms with van der Waals surface area (Å²) >= 11 is 1.33. The zero-order chi connectivity index (χ0) is 22.0. The number of benzene rings is 1. The lowest BCUT2D eigenvalue weighted by atomic mass is 10.1. The lowest BCUT2D eigenvalue weighted by Gasteiger charge is -2.36. The van der Waals surface area contributed by atoms with Crippen molar-refractivity contribution < 1.29 is 22.7 Å². The number of rotatable bonds is 7. The Morgan fingerprint density at radius 3 is 2.24 bits per heavy atom. The molecule has 0 amide bonds. The van der Waals surface area contributed by atoms with Crippen molar-refractivity contribution in [3.63, 3.8) is 0 Å². The molecule has 1 unspecified atom stereocenters. The highest BCUT2D eigenvalue weighted by atomic mass is 32.1. The number of aromatic nitrogens is 1. The van der Waals surface area contributed by atoms with Crippen LogP contribution in [-0.4, -0.2) is 25.0 Å². The molecular formula is C21H30F3NO2SSi. The van der Waals surface area contributed by atoms with Gasteiger partial charge in [0.15, 0.2) is 8.32 Å². The van der Waals surface area contributed by atoms with E-state index in [2.05, 4.69) is 38.8 Å². The van der Waals surface area contributed by atoms with E-state index in [0.717, 1.165) is 23.4 Å². The van der Waals surface area contributed by atoms with Crippen molar-refractivity contribution in [1.82, 2.24) is 4.98 Å². The molecule has 1 heterocycles. The Hall–Kier alpha value is -1.22. The molecule has 0 aliphatic heterocycles. The van der Waals surface area contributed by atoms with E-state index >= 15 is 0 Å². The molecule has 0 aliphatic carbocycles. The molecule has 0 saturated carbocycles. The van der Waals surface area contributed by atoms with Crippen LogP contribution < -0.4 is 0 Å². The van der Waals surface area contributed by atoms with Gasteiger partial charge in [0, 0.05) is 12.2 Å². The Labute approximate surface area is 176 Å². The van der Waals surface area contributed by atoms with Crippen molar-refractivity contribution >= 4 is 19.7 Å². The first-order valence-corrected chi connectivity index (χ1v) is 13.4. The molecule has 29 heavy (non-hydrogen) atoms. The number of hydrogen-bond acceptors (Lipinski definition) is 4. The summed E-state index contributed by atoms with van der Waals surface area (Å²) in [6, 6.07) is 4.95. The van der Waals surface area contributed by atoms with Crippen LogP contribution in [0.15, 0.2) is 24.3 Å². The minimum atomic E-state index is -4.36. The Bertz CT molecular complexity index is 811. The highest BCUT2D eigenvalue weighted by Gasteiger charge is 2.37. The summed E-state index contributed by atoms with van der Waals surface area (Å²) in [5, 5.41) is 11.3. The zero-order valence-electron chi connectivity index (χ0n) is 17.9. The number of aliphatic hydroxyl groups excluding tert-OH is 1. The number of nitrogens with zero attached hydrogens (tertiary/aromatic N) is 1. The van der Waals surface area contributed by atoms with Gasteiger partial charge in [0.1, 0.15) is 5.01 Å². The van der Waals surface area contributed by atoms with E-state index in [1.54, 1.807) is 0 Å². The molecule has 0 fully saturated rings. The molecule has 0 saturated heterocycles. The summed E-state index contributed by atoms with van der Waals surface area (Å²) in [5.41, 5.74) is 0.644. The summed E-state index contributed by atoms with van der Waals surface area (Å²) < 4.78 is 44.3. The maximum atomic E-state index is 12.7. The van der Waals surface area contributed by atoms with Gasteiger partial charge in [-0.25, -0.2) is 4.98 Å². The Balaban J connectivity index is 1.99.